The predicted molar refractivity (Wildman–Crippen MR) is 90.5 cm³/mol. The molecule has 0 aliphatic rings. The predicted octanol–water partition coefficient (Wildman–Crippen LogP) is 0.640. The molecule has 0 fully saturated rings. The number of nitrogens with zero attached hydrogens (tertiary/aromatic N) is 4. The molecule has 10 nitrogen and oxygen atoms in total. The summed E-state index contributed by atoms with van der Waals surface area (Å²) in [5.74, 6) is 0.653. The SMILES string of the molecule is Nc1[nH]nc2cc(-c3cccc(S(N)(=O)=O)c3-c3nnn[nH]3)ccc12. The Labute approximate surface area is 141 Å². The lowest BCUT2D eigenvalue weighted by molar-refractivity contribution is 0.598. The molecule has 0 saturated carbocycles. The number of nitrogens with one attached hydrogen (secondary N) is 2. The van der Waals surface area contributed by atoms with Gasteiger partial charge in [0, 0.05) is 10.9 Å². The van der Waals surface area contributed by atoms with Crippen LogP contribution in [0, 0.1) is 0 Å². The highest BCUT2D eigenvalue weighted by atomic mass is 32.2. The minimum Gasteiger partial charge on any atom is -0.384 e. The van der Waals surface area contributed by atoms with E-state index in [1.54, 1.807) is 24.3 Å². The first-order chi connectivity index (χ1) is 11.9. The van der Waals surface area contributed by atoms with Crippen molar-refractivity contribution >= 4 is 26.7 Å². The largest absolute Gasteiger partial charge is 0.384 e. The Morgan fingerprint density at radius 2 is 1.92 bits per heavy atom. The quantitative estimate of drug-likeness (QED) is 0.417. The lowest BCUT2D eigenvalue weighted by Crippen LogP contribution is -2.14. The summed E-state index contributed by atoms with van der Waals surface area (Å²) < 4.78 is 24.0. The van der Waals surface area contributed by atoms with Gasteiger partial charge in [-0.15, -0.1) is 5.10 Å². The van der Waals surface area contributed by atoms with E-state index in [-0.39, 0.29) is 16.3 Å². The van der Waals surface area contributed by atoms with Crippen LogP contribution >= 0.6 is 0 Å². The van der Waals surface area contributed by atoms with Crippen LogP contribution in [0.5, 0.6) is 0 Å². The Morgan fingerprint density at radius 3 is 2.64 bits per heavy atom. The number of H-pyrrole nitrogens is 2. The number of hydrogen-bond donors (Lipinski definition) is 4. The number of hydrogen-bond acceptors (Lipinski definition) is 7. The molecule has 0 spiro atoms. The molecule has 0 radical (unpaired) electrons. The van der Waals surface area contributed by atoms with Crippen molar-refractivity contribution in [2.24, 2.45) is 5.14 Å². The summed E-state index contributed by atoms with van der Waals surface area (Å²) in [6.07, 6.45) is 0. The Balaban J connectivity index is 2.03. The molecule has 0 amide bonds. The van der Waals surface area contributed by atoms with Crippen LogP contribution in [0.3, 0.4) is 0 Å². The van der Waals surface area contributed by atoms with Crippen molar-refractivity contribution in [1.29, 1.82) is 0 Å². The van der Waals surface area contributed by atoms with Crippen molar-refractivity contribution in [3.63, 3.8) is 0 Å². The third kappa shape index (κ3) is 2.51. The Bertz CT molecular complexity index is 1180. The number of rotatable bonds is 3. The highest BCUT2D eigenvalue weighted by Crippen LogP contribution is 2.36. The first-order valence-corrected chi connectivity index (χ1v) is 8.63. The van der Waals surface area contributed by atoms with E-state index in [1.165, 1.54) is 6.07 Å². The molecule has 4 aromatic rings. The molecule has 2 heterocycles. The van der Waals surface area contributed by atoms with Crippen LogP contribution in [0.4, 0.5) is 5.82 Å². The second kappa shape index (κ2) is 5.36. The molecule has 0 atom stereocenters. The number of tetrazole rings is 1. The summed E-state index contributed by atoms with van der Waals surface area (Å²) in [6, 6.07) is 10.2. The second-order valence-corrected chi connectivity index (χ2v) is 6.87. The zero-order chi connectivity index (χ0) is 17.6. The van der Waals surface area contributed by atoms with Crippen molar-refractivity contribution in [3.05, 3.63) is 36.4 Å². The van der Waals surface area contributed by atoms with E-state index in [0.29, 0.717) is 16.9 Å². The van der Waals surface area contributed by atoms with Crippen molar-refractivity contribution in [2.45, 2.75) is 4.90 Å². The Hall–Kier alpha value is -3.31. The van der Waals surface area contributed by atoms with Crippen LogP contribution in [0.1, 0.15) is 0 Å². The standard InChI is InChI=1S/C14H12N8O2S/c15-13-9-5-4-7(6-10(9)17-18-13)8-2-1-3-11(25(16,23)24)12(8)14-19-21-22-20-14/h1-6H,(H3,15,17,18)(H2,16,23,24)(H,19,20,21,22). The summed E-state index contributed by atoms with van der Waals surface area (Å²) in [5.41, 5.74) is 8.06. The topological polar surface area (TPSA) is 169 Å². The van der Waals surface area contributed by atoms with Gasteiger partial charge in [-0.2, -0.15) is 5.10 Å². The zero-order valence-electron chi connectivity index (χ0n) is 12.6. The summed E-state index contributed by atoms with van der Waals surface area (Å²) in [4.78, 5) is -0.0785. The van der Waals surface area contributed by atoms with E-state index in [9.17, 15) is 8.42 Å². The lowest BCUT2D eigenvalue weighted by Gasteiger charge is -2.11. The van der Waals surface area contributed by atoms with Crippen LogP contribution < -0.4 is 10.9 Å². The fraction of sp³-hybridized carbons (Fsp3) is 0. The van der Waals surface area contributed by atoms with Gasteiger partial charge in [-0.25, -0.2) is 18.7 Å². The number of sulfonamides is 1. The van der Waals surface area contributed by atoms with Gasteiger partial charge in [0.05, 0.1) is 10.4 Å². The van der Waals surface area contributed by atoms with Crippen molar-refractivity contribution in [3.8, 4) is 22.5 Å². The smallest absolute Gasteiger partial charge is 0.238 e. The van der Waals surface area contributed by atoms with E-state index in [2.05, 4.69) is 30.8 Å². The van der Waals surface area contributed by atoms with E-state index in [4.69, 9.17) is 10.9 Å². The number of benzene rings is 2. The molecule has 11 heteroatoms. The molecular weight excluding hydrogens is 344 g/mol. The fourth-order valence-corrected chi connectivity index (χ4v) is 3.48. The molecule has 4 rings (SSSR count). The second-order valence-electron chi connectivity index (χ2n) is 5.34. The zero-order valence-corrected chi connectivity index (χ0v) is 13.4. The number of aromatic amines is 2. The summed E-state index contributed by atoms with van der Waals surface area (Å²) >= 11 is 0. The summed E-state index contributed by atoms with van der Waals surface area (Å²) in [6.45, 7) is 0. The normalized spacial score (nSPS) is 11.9. The number of aromatic nitrogens is 6. The van der Waals surface area contributed by atoms with Gasteiger partial charge in [0.15, 0.2) is 5.82 Å². The van der Waals surface area contributed by atoms with Crippen LogP contribution in [0.25, 0.3) is 33.4 Å². The molecule has 0 bridgehead atoms. The highest BCUT2D eigenvalue weighted by molar-refractivity contribution is 7.89. The lowest BCUT2D eigenvalue weighted by atomic mass is 9.98. The maximum absolute atomic E-state index is 12.0. The number of anilines is 1. The fourth-order valence-electron chi connectivity index (χ4n) is 2.72. The average molecular weight is 356 g/mol. The Kier molecular flexibility index (Phi) is 3.26. The van der Waals surface area contributed by atoms with Crippen LogP contribution in [0.15, 0.2) is 41.3 Å². The number of nitrogens with two attached hydrogens (primary N) is 2. The molecule has 0 saturated heterocycles. The van der Waals surface area contributed by atoms with Gasteiger partial charge in [-0.05, 0) is 39.8 Å². The van der Waals surface area contributed by atoms with Crippen molar-refractivity contribution in [2.75, 3.05) is 5.73 Å². The third-order valence-electron chi connectivity index (χ3n) is 3.81. The van der Waals surface area contributed by atoms with Gasteiger partial charge in [0.2, 0.25) is 10.0 Å². The van der Waals surface area contributed by atoms with Crippen LogP contribution in [0.2, 0.25) is 0 Å². The number of primary sulfonamides is 1. The molecule has 2 aromatic heterocycles. The summed E-state index contributed by atoms with van der Waals surface area (Å²) in [7, 11) is -3.99. The van der Waals surface area contributed by atoms with Gasteiger partial charge in [0.25, 0.3) is 0 Å². The van der Waals surface area contributed by atoms with Crippen LogP contribution in [-0.4, -0.2) is 39.2 Å². The number of fused-ring (bicyclic) bond motifs is 1. The summed E-state index contributed by atoms with van der Waals surface area (Å²) in [5, 5.41) is 26.4. The monoisotopic (exact) mass is 356 g/mol. The minimum absolute atomic E-state index is 0.0785. The first kappa shape index (κ1) is 15.2. The molecule has 0 unspecified atom stereocenters. The minimum atomic E-state index is -3.99. The van der Waals surface area contributed by atoms with Crippen molar-refractivity contribution < 1.29 is 8.42 Å². The first-order valence-electron chi connectivity index (χ1n) is 7.09. The molecule has 126 valence electrons. The molecule has 25 heavy (non-hydrogen) atoms. The Morgan fingerprint density at radius 1 is 1.08 bits per heavy atom. The van der Waals surface area contributed by atoms with Gasteiger partial charge in [-0.3, -0.25) is 5.10 Å². The maximum Gasteiger partial charge on any atom is 0.238 e. The van der Waals surface area contributed by atoms with Crippen LogP contribution in [-0.2, 0) is 10.0 Å². The van der Waals surface area contributed by atoms with E-state index < -0.39 is 10.0 Å². The molecule has 0 aliphatic carbocycles. The van der Waals surface area contributed by atoms with Gasteiger partial charge in [0.1, 0.15) is 5.82 Å². The maximum atomic E-state index is 12.0. The third-order valence-corrected chi connectivity index (χ3v) is 4.76. The molecule has 6 N–H and O–H groups in total. The van der Waals surface area contributed by atoms with E-state index in [0.717, 1.165) is 10.9 Å². The molecular formula is C14H12N8O2S. The van der Waals surface area contributed by atoms with Gasteiger partial charge in [-0.1, -0.05) is 18.2 Å². The van der Waals surface area contributed by atoms with Crippen molar-refractivity contribution in [1.82, 2.24) is 30.8 Å². The van der Waals surface area contributed by atoms with Gasteiger partial charge < -0.3 is 5.73 Å². The highest BCUT2D eigenvalue weighted by Gasteiger charge is 2.22. The molecule has 0 aliphatic heterocycles. The van der Waals surface area contributed by atoms with E-state index >= 15 is 0 Å². The number of nitrogen functional groups attached to an aromatic ring is 1. The van der Waals surface area contributed by atoms with Gasteiger partial charge >= 0.3 is 0 Å². The van der Waals surface area contributed by atoms with E-state index in [1.807, 2.05) is 6.07 Å². The average Bonchev–Trinajstić information content (AvgIpc) is 3.23. The molecule has 2 aromatic carbocycles.